The molecule has 0 bridgehead atoms. The van der Waals surface area contributed by atoms with Gasteiger partial charge < -0.3 is 9.73 Å². The second-order valence-electron chi connectivity index (χ2n) is 6.62. The molecular weight excluding hydrogens is 402 g/mol. The summed E-state index contributed by atoms with van der Waals surface area (Å²) >= 11 is 1.31. The number of furan rings is 1. The van der Waals surface area contributed by atoms with Gasteiger partial charge in [-0.1, -0.05) is 35.5 Å². The van der Waals surface area contributed by atoms with Crippen molar-refractivity contribution in [3.05, 3.63) is 70.3 Å². The molecule has 30 heavy (non-hydrogen) atoms. The van der Waals surface area contributed by atoms with Crippen molar-refractivity contribution in [2.24, 2.45) is 0 Å². The van der Waals surface area contributed by atoms with E-state index >= 15 is 0 Å². The first-order chi connectivity index (χ1) is 14.7. The van der Waals surface area contributed by atoms with Gasteiger partial charge in [0, 0.05) is 17.2 Å². The molecule has 2 aromatic carbocycles. The Morgan fingerprint density at radius 2 is 1.97 bits per heavy atom. The summed E-state index contributed by atoms with van der Waals surface area (Å²) in [4.78, 5) is 29.2. The lowest BCUT2D eigenvalue weighted by Crippen LogP contribution is -2.26. The molecule has 5 aromatic rings. The normalized spacial score (nSPS) is 11.2. The molecule has 0 radical (unpaired) electrons. The Morgan fingerprint density at radius 1 is 1.13 bits per heavy atom. The number of anilines is 1. The van der Waals surface area contributed by atoms with Gasteiger partial charge in [0.1, 0.15) is 16.8 Å². The average Bonchev–Trinajstić information content (AvgIpc) is 3.40. The first-order valence-corrected chi connectivity index (χ1v) is 10.1. The van der Waals surface area contributed by atoms with Crippen LogP contribution in [0.4, 0.5) is 5.13 Å². The molecule has 0 spiro atoms. The summed E-state index contributed by atoms with van der Waals surface area (Å²) < 4.78 is 7.00. The second-order valence-corrected chi connectivity index (χ2v) is 7.48. The lowest BCUT2D eigenvalue weighted by molar-refractivity contribution is -0.116. The van der Waals surface area contributed by atoms with Gasteiger partial charge in [0.25, 0.3) is 5.56 Å². The SMILES string of the molecule is O=C(CCn1nnc2ccccc2c1=O)Nc1nc(-c2cc3ccccc3o2)cs1. The predicted molar refractivity (Wildman–Crippen MR) is 114 cm³/mol. The van der Waals surface area contributed by atoms with Crippen molar-refractivity contribution in [3.63, 3.8) is 0 Å². The number of para-hydroxylation sites is 1. The van der Waals surface area contributed by atoms with Crippen LogP contribution in [0.1, 0.15) is 6.42 Å². The highest BCUT2D eigenvalue weighted by Crippen LogP contribution is 2.30. The van der Waals surface area contributed by atoms with E-state index in [2.05, 4.69) is 20.6 Å². The van der Waals surface area contributed by atoms with E-state index in [-0.39, 0.29) is 24.4 Å². The second kappa shape index (κ2) is 7.53. The third kappa shape index (κ3) is 3.46. The van der Waals surface area contributed by atoms with Crippen molar-refractivity contribution in [1.29, 1.82) is 0 Å². The van der Waals surface area contributed by atoms with Crippen LogP contribution in [0.5, 0.6) is 0 Å². The molecule has 148 valence electrons. The lowest BCUT2D eigenvalue weighted by atomic mass is 10.2. The van der Waals surface area contributed by atoms with Crippen LogP contribution in [0.15, 0.2) is 69.2 Å². The van der Waals surface area contributed by atoms with Gasteiger partial charge >= 0.3 is 0 Å². The number of carbonyl (C=O) groups is 1. The molecule has 8 nitrogen and oxygen atoms in total. The fraction of sp³-hybridized carbons (Fsp3) is 0.0952. The third-order valence-electron chi connectivity index (χ3n) is 4.61. The van der Waals surface area contributed by atoms with Gasteiger partial charge in [-0.25, -0.2) is 9.67 Å². The fourth-order valence-corrected chi connectivity index (χ4v) is 3.83. The number of nitrogens with zero attached hydrogens (tertiary/aromatic N) is 4. The number of nitrogens with one attached hydrogen (secondary N) is 1. The third-order valence-corrected chi connectivity index (χ3v) is 5.37. The van der Waals surface area contributed by atoms with E-state index < -0.39 is 0 Å². The zero-order chi connectivity index (χ0) is 20.5. The summed E-state index contributed by atoms with van der Waals surface area (Å²) in [5.41, 5.74) is 1.70. The topological polar surface area (TPSA) is 103 Å². The zero-order valence-corrected chi connectivity index (χ0v) is 16.4. The van der Waals surface area contributed by atoms with Crippen LogP contribution in [0.2, 0.25) is 0 Å². The number of hydrogen-bond acceptors (Lipinski definition) is 7. The monoisotopic (exact) mass is 417 g/mol. The number of thiazole rings is 1. The standard InChI is InChI=1S/C21H15N5O3S/c27-19(9-10-26-20(28)14-6-2-3-7-15(14)24-25-26)23-21-22-16(12-30-21)18-11-13-5-1-4-8-17(13)29-18/h1-8,11-12H,9-10H2,(H,22,23,27). The Labute approximate surface area is 173 Å². The van der Waals surface area contributed by atoms with Crippen LogP contribution in [-0.4, -0.2) is 25.9 Å². The molecule has 0 atom stereocenters. The van der Waals surface area contributed by atoms with E-state index in [9.17, 15) is 9.59 Å². The number of aromatic nitrogens is 4. The number of hydrogen-bond donors (Lipinski definition) is 1. The number of amides is 1. The highest BCUT2D eigenvalue weighted by Gasteiger charge is 2.13. The Bertz CT molecular complexity index is 1400. The largest absolute Gasteiger partial charge is 0.454 e. The molecule has 1 N–H and O–H groups in total. The number of aryl methyl sites for hydroxylation is 1. The van der Waals surface area contributed by atoms with Gasteiger partial charge in [0.2, 0.25) is 5.91 Å². The van der Waals surface area contributed by atoms with Crippen LogP contribution in [0.3, 0.4) is 0 Å². The van der Waals surface area contributed by atoms with E-state index in [0.717, 1.165) is 11.0 Å². The van der Waals surface area contributed by atoms with Gasteiger partial charge in [-0.2, -0.15) is 0 Å². The summed E-state index contributed by atoms with van der Waals surface area (Å²) in [7, 11) is 0. The summed E-state index contributed by atoms with van der Waals surface area (Å²) in [6.45, 7) is 0.129. The maximum atomic E-state index is 12.4. The molecule has 0 fully saturated rings. The van der Waals surface area contributed by atoms with Crippen molar-refractivity contribution in [2.75, 3.05) is 5.32 Å². The molecule has 3 heterocycles. The zero-order valence-electron chi connectivity index (χ0n) is 15.6. The van der Waals surface area contributed by atoms with Gasteiger partial charge in [0.15, 0.2) is 10.9 Å². The first kappa shape index (κ1) is 18.2. The highest BCUT2D eigenvalue weighted by atomic mass is 32.1. The van der Waals surface area contributed by atoms with Crippen LogP contribution >= 0.6 is 11.3 Å². The summed E-state index contributed by atoms with van der Waals surface area (Å²) in [6, 6.07) is 16.6. The maximum absolute atomic E-state index is 12.4. The predicted octanol–water partition coefficient (Wildman–Crippen LogP) is 3.69. The molecule has 0 aliphatic rings. The first-order valence-electron chi connectivity index (χ1n) is 9.24. The van der Waals surface area contributed by atoms with Gasteiger partial charge in [0.05, 0.1) is 11.9 Å². The van der Waals surface area contributed by atoms with E-state index in [1.165, 1.54) is 16.0 Å². The lowest BCUT2D eigenvalue weighted by Gasteiger charge is -2.04. The molecule has 0 unspecified atom stereocenters. The van der Waals surface area contributed by atoms with Crippen molar-refractivity contribution in [3.8, 4) is 11.5 Å². The van der Waals surface area contributed by atoms with E-state index in [0.29, 0.717) is 27.5 Å². The van der Waals surface area contributed by atoms with Gasteiger partial charge in [-0.15, -0.1) is 16.4 Å². The number of benzene rings is 2. The van der Waals surface area contributed by atoms with E-state index in [1.54, 1.807) is 24.3 Å². The molecule has 0 aliphatic carbocycles. The van der Waals surface area contributed by atoms with Gasteiger partial charge in [-0.3, -0.25) is 9.59 Å². The molecule has 9 heteroatoms. The molecule has 0 aliphatic heterocycles. The van der Waals surface area contributed by atoms with Crippen molar-refractivity contribution >= 4 is 44.2 Å². The Hall–Kier alpha value is -3.85. The number of fused-ring (bicyclic) bond motifs is 2. The summed E-state index contributed by atoms with van der Waals surface area (Å²) in [6.07, 6.45) is 0.0759. The smallest absolute Gasteiger partial charge is 0.277 e. The minimum Gasteiger partial charge on any atom is -0.454 e. The fourth-order valence-electron chi connectivity index (χ4n) is 3.11. The van der Waals surface area contributed by atoms with Crippen LogP contribution in [-0.2, 0) is 11.3 Å². The maximum Gasteiger partial charge on any atom is 0.277 e. The minimum absolute atomic E-state index is 0.0759. The molecule has 0 saturated heterocycles. The van der Waals surface area contributed by atoms with Crippen molar-refractivity contribution in [2.45, 2.75) is 13.0 Å². The Kier molecular flexibility index (Phi) is 4.56. The molecule has 0 saturated carbocycles. The average molecular weight is 417 g/mol. The quantitative estimate of drug-likeness (QED) is 0.468. The van der Waals surface area contributed by atoms with E-state index in [1.807, 2.05) is 35.7 Å². The Morgan fingerprint density at radius 3 is 2.87 bits per heavy atom. The number of carbonyl (C=O) groups excluding carboxylic acids is 1. The summed E-state index contributed by atoms with van der Waals surface area (Å²) in [5.74, 6) is 0.383. The van der Waals surface area contributed by atoms with E-state index in [4.69, 9.17) is 4.42 Å². The van der Waals surface area contributed by atoms with Crippen molar-refractivity contribution < 1.29 is 9.21 Å². The Balaban J connectivity index is 1.26. The minimum atomic E-state index is -0.269. The molecule has 3 aromatic heterocycles. The number of rotatable bonds is 5. The van der Waals surface area contributed by atoms with Gasteiger partial charge in [-0.05, 0) is 24.3 Å². The van der Waals surface area contributed by atoms with Crippen LogP contribution < -0.4 is 10.9 Å². The van der Waals surface area contributed by atoms with Crippen molar-refractivity contribution in [1.82, 2.24) is 20.0 Å². The molecule has 1 amide bonds. The van der Waals surface area contributed by atoms with Crippen LogP contribution in [0.25, 0.3) is 33.3 Å². The molecule has 5 rings (SSSR count). The summed E-state index contributed by atoms with van der Waals surface area (Å²) in [5, 5.41) is 14.4. The highest BCUT2D eigenvalue weighted by molar-refractivity contribution is 7.14. The van der Waals surface area contributed by atoms with Crippen LogP contribution in [0, 0.1) is 0 Å². The molecular formula is C21H15N5O3S.